The molecule has 0 radical (unpaired) electrons. The molecule has 1 aromatic carbocycles. The number of rotatable bonds is 4. The average molecular weight is 454 g/mol. The molecule has 0 unspecified atom stereocenters. The van der Waals surface area contributed by atoms with E-state index in [1.54, 1.807) is 27.7 Å². The van der Waals surface area contributed by atoms with Crippen LogP contribution in [0.3, 0.4) is 0 Å². The van der Waals surface area contributed by atoms with Crippen molar-refractivity contribution < 1.29 is 22.7 Å². The number of alkyl halides is 3. The predicted molar refractivity (Wildman–Crippen MR) is 111 cm³/mol. The maximum atomic E-state index is 13.2. The van der Waals surface area contributed by atoms with Gasteiger partial charge in [0, 0.05) is 0 Å². The summed E-state index contributed by atoms with van der Waals surface area (Å²) in [5.41, 5.74) is 3.52. The molecule has 0 aliphatic carbocycles. The van der Waals surface area contributed by atoms with Crippen molar-refractivity contribution in [2.24, 2.45) is 5.41 Å². The van der Waals surface area contributed by atoms with Crippen LogP contribution in [0.4, 0.5) is 13.2 Å². The zero-order valence-electron chi connectivity index (χ0n) is 17.9. The topological polar surface area (TPSA) is 56.5 Å². The van der Waals surface area contributed by atoms with E-state index in [1.807, 2.05) is 25.1 Å². The Kier molecular flexibility index (Phi) is 6.06. The summed E-state index contributed by atoms with van der Waals surface area (Å²) < 4.78 is 45.8. The van der Waals surface area contributed by atoms with Crippen LogP contribution >= 0.6 is 11.6 Å². The Labute approximate surface area is 183 Å². The molecule has 0 atom stereocenters. The largest absolute Gasteiger partial charge is 0.460 e. The highest BCUT2D eigenvalue weighted by Crippen LogP contribution is 2.32. The molecular formula is C22H23ClF3N3O2. The van der Waals surface area contributed by atoms with Crippen molar-refractivity contribution in [3.63, 3.8) is 0 Å². The third-order valence-corrected chi connectivity index (χ3v) is 5.30. The number of fused-ring (bicyclic) bond motifs is 1. The number of carbonyl (C=O) groups excluding carboxylic acids is 1. The highest BCUT2D eigenvalue weighted by molar-refractivity contribution is 6.30. The molecule has 0 bridgehead atoms. The number of ether oxygens (including phenoxy) is 1. The molecule has 0 N–H and O–H groups in total. The molecule has 0 aliphatic heterocycles. The van der Waals surface area contributed by atoms with Crippen molar-refractivity contribution in [2.45, 2.75) is 53.8 Å². The summed E-state index contributed by atoms with van der Waals surface area (Å²) in [6.45, 7) is 9.12. The SMILES string of the molecule is Cc1ccc(Cc2cc(Cl)n3c(C(F)(F)F)nnc3c2C)cc1COC(=O)C(C)(C)C. The normalized spacial score (nSPS) is 12.4. The van der Waals surface area contributed by atoms with E-state index in [1.165, 1.54) is 6.07 Å². The zero-order valence-corrected chi connectivity index (χ0v) is 18.6. The lowest BCUT2D eigenvalue weighted by Gasteiger charge is -2.17. The second kappa shape index (κ2) is 8.15. The van der Waals surface area contributed by atoms with Crippen LogP contribution < -0.4 is 0 Å². The quantitative estimate of drug-likeness (QED) is 0.375. The summed E-state index contributed by atoms with van der Waals surface area (Å²) in [5, 5.41) is 6.87. The lowest BCUT2D eigenvalue weighted by Crippen LogP contribution is -2.22. The maximum Gasteiger partial charge on any atom is 0.452 e. The van der Waals surface area contributed by atoms with Gasteiger partial charge < -0.3 is 4.74 Å². The number of halogens is 4. The van der Waals surface area contributed by atoms with Gasteiger partial charge in [0.25, 0.3) is 0 Å². The first-order valence-electron chi connectivity index (χ1n) is 9.65. The lowest BCUT2D eigenvalue weighted by molar-refractivity contribution is -0.154. The minimum Gasteiger partial charge on any atom is -0.460 e. The van der Waals surface area contributed by atoms with Crippen molar-refractivity contribution in [3.05, 3.63) is 63.1 Å². The van der Waals surface area contributed by atoms with Gasteiger partial charge in [0.05, 0.1) is 5.41 Å². The van der Waals surface area contributed by atoms with Crippen molar-refractivity contribution in [3.8, 4) is 0 Å². The smallest absolute Gasteiger partial charge is 0.452 e. The summed E-state index contributed by atoms with van der Waals surface area (Å²) in [6.07, 6.45) is -4.23. The molecule has 31 heavy (non-hydrogen) atoms. The molecule has 2 aromatic heterocycles. The summed E-state index contributed by atoms with van der Waals surface area (Å²) in [5.74, 6) is -1.45. The second-order valence-corrected chi connectivity index (χ2v) is 8.95. The van der Waals surface area contributed by atoms with E-state index < -0.39 is 17.4 Å². The highest BCUT2D eigenvalue weighted by Gasteiger charge is 2.38. The van der Waals surface area contributed by atoms with E-state index in [-0.39, 0.29) is 23.4 Å². The summed E-state index contributed by atoms with van der Waals surface area (Å²) >= 11 is 6.16. The number of benzene rings is 1. The maximum absolute atomic E-state index is 13.2. The van der Waals surface area contributed by atoms with Crippen LogP contribution in [-0.2, 0) is 28.7 Å². The molecule has 0 aliphatic rings. The van der Waals surface area contributed by atoms with Gasteiger partial charge in [0.15, 0.2) is 5.65 Å². The predicted octanol–water partition coefficient (Wildman–Crippen LogP) is 5.70. The Morgan fingerprint density at radius 2 is 1.77 bits per heavy atom. The molecule has 3 aromatic rings. The fourth-order valence-corrected chi connectivity index (χ4v) is 3.42. The van der Waals surface area contributed by atoms with E-state index in [2.05, 4.69) is 10.2 Å². The second-order valence-electron chi connectivity index (χ2n) is 8.56. The number of hydrogen-bond donors (Lipinski definition) is 0. The zero-order chi connectivity index (χ0) is 23.1. The Hall–Kier alpha value is -2.61. The van der Waals surface area contributed by atoms with Gasteiger partial charge in [-0.3, -0.25) is 9.20 Å². The molecule has 166 valence electrons. The van der Waals surface area contributed by atoms with Gasteiger partial charge >= 0.3 is 12.1 Å². The number of hydrogen-bond acceptors (Lipinski definition) is 4. The van der Waals surface area contributed by atoms with Crippen LogP contribution in [0.25, 0.3) is 5.65 Å². The van der Waals surface area contributed by atoms with Gasteiger partial charge in [-0.1, -0.05) is 29.8 Å². The van der Waals surface area contributed by atoms with Crippen LogP contribution in [-0.4, -0.2) is 20.6 Å². The molecule has 0 saturated heterocycles. The van der Waals surface area contributed by atoms with Crippen molar-refractivity contribution in [1.29, 1.82) is 0 Å². The molecule has 0 spiro atoms. The van der Waals surface area contributed by atoms with Crippen molar-refractivity contribution in [2.75, 3.05) is 0 Å². The third-order valence-electron chi connectivity index (χ3n) is 5.02. The average Bonchev–Trinajstić information content (AvgIpc) is 3.11. The molecule has 0 amide bonds. The van der Waals surface area contributed by atoms with Crippen LogP contribution in [0, 0.1) is 19.3 Å². The Bertz CT molecular complexity index is 1150. The molecule has 0 fully saturated rings. The molecule has 3 rings (SSSR count). The first-order valence-corrected chi connectivity index (χ1v) is 10.0. The fraction of sp³-hybridized carbons (Fsp3) is 0.409. The first-order chi connectivity index (χ1) is 14.3. The van der Waals surface area contributed by atoms with E-state index in [0.29, 0.717) is 12.0 Å². The van der Waals surface area contributed by atoms with Gasteiger partial charge in [0.1, 0.15) is 11.8 Å². The Morgan fingerprint density at radius 3 is 2.39 bits per heavy atom. The van der Waals surface area contributed by atoms with Gasteiger partial charge in [-0.25, -0.2) is 0 Å². The number of nitrogens with zero attached hydrogens (tertiary/aromatic N) is 3. The minimum absolute atomic E-state index is 0.0706. The monoisotopic (exact) mass is 453 g/mol. The van der Waals surface area contributed by atoms with Crippen molar-refractivity contribution in [1.82, 2.24) is 14.6 Å². The van der Waals surface area contributed by atoms with E-state index in [9.17, 15) is 18.0 Å². The van der Waals surface area contributed by atoms with Crippen molar-refractivity contribution >= 4 is 23.2 Å². The summed E-state index contributed by atoms with van der Waals surface area (Å²) in [6, 6.07) is 7.27. The van der Waals surface area contributed by atoms with Crippen LogP contribution in [0.1, 0.15) is 54.4 Å². The number of pyridine rings is 1. The first kappa shape index (κ1) is 23.1. The van der Waals surface area contributed by atoms with Gasteiger partial charge in [-0.15, -0.1) is 10.2 Å². The summed E-state index contributed by atoms with van der Waals surface area (Å²) in [4.78, 5) is 12.1. The standard InChI is InChI=1S/C22H23ClF3N3O2/c1-12-6-7-14(9-16(12)11-31-20(30)21(3,4)5)8-15-10-17(23)29-18(13(15)2)27-28-19(29)22(24,25)26/h6-7,9-10H,8,11H2,1-5H3. The fourth-order valence-electron chi connectivity index (χ4n) is 3.13. The minimum atomic E-state index is -4.66. The molecular weight excluding hydrogens is 431 g/mol. The summed E-state index contributed by atoms with van der Waals surface area (Å²) in [7, 11) is 0. The van der Waals surface area contributed by atoms with Crippen LogP contribution in [0.2, 0.25) is 5.15 Å². The van der Waals surface area contributed by atoms with E-state index in [4.69, 9.17) is 16.3 Å². The molecule has 0 saturated carbocycles. The highest BCUT2D eigenvalue weighted by atomic mass is 35.5. The van der Waals surface area contributed by atoms with Crippen LogP contribution in [0.5, 0.6) is 0 Å². The van der Waals surface area contributed by atoms with E-state index >= 15 is 0 Å². The van der Waals surface area contributed by atoms with E-state index in [0.717, 1.165) is 26.7 Å². The van der Waals surface area contributed by atoms with Gasteiger partial charge in [-0.2, -0.15) is 13.2 Å². The lowest BCUT2D eigenvalue weighted by atomic mass is 9.97. The van der Waals surface area contributed by atoms with Crippen LogP contribution in [0.15, 0.2) is 24.3 Å². The molecule has 9 heteroatoms. The number of carbonyl (C=O) groups is 1. The van der Waals surface area contributed by atoms with Gasteiger partial charge in [0.2, 0.25) is 5.82 Å². The number of esters is 1. The Morgan fingerprint density at radius 1 is 1.10 bits per heavy atom. The molecule has 5 nitrogen and oxygen atoms in total. The number of aromatic nitrogens is 3. The molecule has 2 heterocycles. The van der Waals surface area contributed by atoms with Gasteiger partial charge in [-0.05, 0) is 74.9 Å². The third kappa shape index (κ3) is 4.84. The number of aryl methyl sites for hydroxylation is 2. The Balaban J connectivity index is 1.91.